The quantitative estimate of drug-likeness (QED) is 0.769. The van der Waals surface area contributed by atoms with Crippen molar-refractivity contribution < 1.29 is 14.3 Å². The Balaban J connectivity index is 1.87. The standard InChI is InChI=1S/C19H29N3O3/c1-14-11-15(2)13-16(12-14)21-18(24)19(3,4)17(23)20-5-6-22-7-9-25-10-8-22/h11-13H,5-10H2,1-4H3,(H,20,23)(H,21,24). The minimum Gasteiger partial charge on any atom is -0.379 e. The van der Waals surface area contributed by atoms with E-state index in [1.54, 1.807) is 13.8 Å². The summed E-state index contributed by atoms with van der Waals surface area (Å²) in [6.07, 6.45) is 0. The van der Waals surface area contributed by atoms with Crippen molar-refractivity contribution >= 4 is 17.5 Å². The molecule has 25 heavy (non-hydrogen) atoms. The lowest BCUT2D eigenvalue weighted by Crippen LogP contribution is -2.48. The second-order valence-electron chi connectivity index (χ2n) is 7.17. The molecule has 6 nitrogen and oxygen atoms in total. The topological polar surface area (TPSA) is 70.7 Å². The van der Waals surface area contributed by atoms with Gasteiger partial charge in [-0.2, -0.15) is 0 Å². The highest BCUT2D eigenvalue weighted by atomic mass is 16.5. The monoisotopic (exact) mass is 347 g/mol. The molecule has 1 aliphatic rings. The van der Waals surface area contributed by atoms with Gasteiger partial charge in [0, 0.05) is 31.9 Å². The fraction of sp³-hybridized carbons (Fsp3) is 0.579. The zero-order valence-corrected chi connectivity index (χ0v) is 15.6. The fourth-order valence-electron chi connectivity index (χ4n) is 2.81. The van der Waals surface area contributed by atoms with E-state index in [1.807, 2.05) is 32.0 Å². The van der Waals surface area contributed by atoms with Crippen molar-refractivity contribution in [1.29, 1.82) is 0 Å². The number of rotatable bonds is 6. The van der Waals surface area contributed by atoms with Crippen LogP contribution in [-0.4, -0.2) is 56.1 Å². The smallest absolute Gasteiger partial charge is 0.239 e. The van der Waals surface area contributed by atoms with Crippen LogP contribution in [0.25, 0.3) is 0 Å². The third-order valence-electron chi connectivity index (χ3n) is 4.43. The minimum atomic E-state index is -1.14. The Morgan fingerprint density at radius 3 is 2.28 bits per heavy atom. The normalized spacial score (nSPS) is 15.7. The largest absolute Gasteiger partial charge is 0.379 e. The molecule has 0 aromatic heterocycles. The Hall–Kier alpha value is -1.92. The number of nitrogens with zero attached hydrogens (tertiary/aromatic N) is 1. The zero-order chi connectivity index (χ0) is 18.4. The van der Waals surface area contributed by atoms with Crippen molar-refractivity contribution in [3.63, 3.8) is 0 Å². The number of benzene rings is 1. The van der Waals surface area contributed by atoms with Crippen LogP contribution in [0, 0.1) is 19.3 Å². The van der Waals surface area contributed by atoms with Crippen LogP contribution < -0.4 is 10.6 Å². The molecule has 1 aromatic carbocycles. The molecule has 2 rings (SSSR count). The van der Waals surface area contributed by atoms with E-state index in [9.17, 15) is 9.59 Å². The molecule has 0 aliphatic carbocycles. The van der Waals surface area contributed by atoms with E-state index >= 15 is 0 Å². The van der Waals surface area contributed by atoms with Crippen LogP contribution in [0.3, 0.4) is 0 Å². The van der Waals surface area contributed by atoms with E-state index in [0.29, 0.717) is 6.54 Å². The van der Waals surface area contributed by atoms with Gasteiger partial charge in [0.15, 0.2) is 0 Å². The number of hydrogen-bond acceptors (Lipinski definition) is 4. The van der Waals surface area contributed by atoms with Gasteiger partial charge in [-0.05, 0) is 51.0 Å². The van der Waals surface area contributed by atoms with E-state index in [2.05, 4.69) is 15.5 Å². The number of anilines is 1. The zero-order valence-electron chi connectivity index (χ0n) is 15.6. The number of nitrogens with one attached hydrogen (secondary N) is 2. The van der Waals surface area contributed by atoms with Crippen LogP contribution in [0.15, 0.2) is 18.2 Å². The first-order chi connectivity index (χ1) is 11.8. The molecule has 138 valence electrons. The van der Waals surface area contributed by atoms with Gasteiger partial charge < -0.3 is 15.4 Å². The van der Waals surface area contributed by atoms with Crippen LogP contribution in [0.1, 0.15) is 25.0 Å². The van der Waals surface area contributed by atoms with E-state index in [1.165, 1.54) is 0 Å². The SMILES string of the molecule is Cc1cc(C)cc(NC(=O)C(C)(C)C(=O)NCCN2CCOCC2)c1. The number of carbonyl (C=O) groups excluding carboxylic acids is 2. The molecule has 1 heterocycles. The van der Waals surface area contributed by atoms with Gasteiger partial charge in [-0.25, -0.2) is 0 Å². The minimum absolute atomic E-state index is 0.261. The third kappa shape index (κ3) is 5.54. The molecule has 1 aliphatic heterocycles. The van der Waals surface area contributed by atoms with E-state index in [-0.39, 0.29) is 11.8 Å². The fourth-order valence-corrected chi connectivity index (χ4v) is 2.81. The molecular formula is C19H29N3O3. The van der Waals surface area contributed by atoms with E-state index < -0.39 is 5.41 Å². The molecule has 0 atom stereocenters. The maximum atomic E-state index is 12.6. The van der Waals surface area contributed by atoms with Gasteiger partial charge in [-0.15, -0.1) is 0 Å². The molecule has 6 heteroatoms. The summed E-state index contributed by atoms with van der Waals surface area (Å²) < 4.78 is 5.30. The summed E-state index contributed by atoms with van der Waals surface area (Å²) in [5.41, 5.74) is 1.73. The molecule has 0 saturated carbocycles. The van der Waals surface area contributed by atoms with E-state index in [4.69, 9.17) is 4.74 Å². The average Bonchev–Trinajstić information content (AvgIpc) is 2.54. The highest BCUT2D eigenvalue weighted by Crippen LogP contribution is 2.20. The molecule has 2 amide bonds. The van der Waals surface area contributed by atoms with Gasteiger partial charge in [0.2, 0.25) is 11.8 Å². The van der Waals surface area contributed by atoms with Gasteiger partial charge in [-0.3, -0.25) is 14.5 Å². The predicted octanol–water partition coefficient (Wildman–Crippen LogP) is 1.72. The second kappa shape index (κ2) is 8.45. The third-order valence-corrected chi connectivity index (χ3v) is 4.43. The summed E-state index contributed by atoms with van der Waals surface area (Å²) in [4.78, 5) is 27.3. The van der Waals surface area contributed by atoms with Gasteiger partial charge >= 0.3 is 0 Å². The highest BCUT2D eigenvalue weighted by molar-refractivity contribution is 6.09. The Bertz CT molecular complexity index is 602. The molecular weight excluding hydrogens is 318 g/mol. The first-order valence-electron chi connectivity index (χ1n) is 8.77. The molecule has 1 saturated heterocycles. The van der Waals surface area contributed by atoms with Gasteiger partial charge in [-0.1, -0.05) is 6.07 Å². The summed E-state index contributed by atoms with van der Waals surface area (Å²) in [6, 6.07) is 5.84. The Kier molecular flexibility index (Phi) is 6.56. The lowest BCUT2D eigenvalue weighted by Gasteiger charge is -2.27. The molecule has 0 bridgehead atoms. The summed E-state index contributed by atoms with van der Waals surface area (Å²) in [5, 5.41) is 5.74. The van der Waals surface area contributed by atoms with Crippen LogP contribution in [0.5, 0.6) is 0 Å². The maximum Gasteiger partial charge on any atom is 0.239 e. The molecule has 0 unspecified atom stereocenters. The van der Waals surface area contributed by atoms with E-state index in [0.717, 1.165) is 49.7 Å². The summed E-state index contributed by atoms with van der Waals surface area (Å²) in [7, 11) is 0. The van der Waals surface area contributed by atoms with Crippen molar-refractivity contribution in [1.82, 2.24) is 10.2 Å². The Morgan fingerprint density at radius 1 is 1.08 bits per heavy atom. The molecule has 1 fully saturated rings. The average molecular weight is 347 g/mol. The highest BCUT2D eigenvalue weighted by Gasteiger charge is 2.36. The number of amides is 2. The van der Waals surface area contributed by atoms with Gasteiger partial charge in [0.25, 0.3) is 0 Å². The van der Waals surface area contributed by atoms with Crippen molar-refractivity contribution in [2.75, 3.05) is 44.7 Å². The van der Waals surface area contributed by atoms with Crippen molar-refractivity contribution in [3.05, 3.63) is 29.3 Å². The summed E-state index contributed by atoms with van der Waals surface area (Å²) in [5.74, 6) is -0.566. The maximum absolute atomic E-state index is 12.6. The van der Waals surface area contributed by atoms with Crippen molar-refractivity contribution in [3.8, 4) is 0 Å². The number of morpholine rings is 1. The predicted molar refractivity (Wildman–Crippen MR) is 98.6 cm³/mol. The van der Waals surface area contributed by atoms with Crippen molar-refractivity contribution in [2.45, 2.75) is 27.7 Å². The number of hydrogen-bond donors (Lipinski definition) is 2. The lowest BCUT2D eigenvalue weighted by molar-refractivity contribution is -0.138. The summed E-state index contributed by atoms with van der Waals surface area (Å²) in [6.45, 7) is 11.8. The van der Waals surface area contributed by atoms with Crippen LogP contribution in [0.2, 0.25) is 0 Å². The second-order valence-corrected chi connectivity index (χ2v) is 7.17. The Morgan fingerprint density at radius 2 is 1.68 bits per heavy atom. The Labute approximate surface area is 149 Å². The first-order valence-corrected chi connectivity index (χ1v) is 8.77. The van der Waals surface area contributed by atoms with Gasteiger partial charge in [0.1, 0.15) is 5.41 Å². The molecule has 2 N–H and O–H groups in total. The lowest BCUT2D eigenvalue weighted by atomic mass is 9.91. The van der Waals surface area contributed by atoms with Crippen LogP contribution >= 0.6 is 0 Å². The summed E-state index contributed by atoms with van der Waals surface area (Å²) >= 11 is 0. The molecule has 0 radical (unpaired) electrons. The molecule has 1 aromatic rings. The number of ether oxygens (including phenoxy) is 1. The van der Waals surface area contributed by atoms with Crippen molar-refractivity contribution in [2.24, 2.45) is 5.41 Å². The van der Waals surface area contributed by atoms with Crippen LogP contribution in [0.4, 0.5) is 5.69 Å². The number of aryl methyl sites for hydroxylation is 2. The number of carbonyl (C=O) groups is 2. The molecule has 0 spiro atoms. The first kappa shape index (κ1) is 19.4. The van der Waals surface area contributed by atoms with Crippen LogP contribution in [-0.2, 0) is 14.3 Å². The van der Waals surface area contributed by atoms with Gasteiger partial charge in [0.05, 0.1) is 13.2 Å².